The largest absolute Gasteiger partial charge is 0.467 e. The van der Waals surface area contributed by atoms with E-state index in [4.69, 9.17) is 16.3 Å². The number of benzene rings is 1. The molecule has 0 aromatic heterocycles. The van der Waals surface area contributed by atoms with E-state index in [1.807, 2.05) is 0 Å². The van der Waals surface area contributed by atoms with Crippen LogP contribution in [0.4, 0.5) is 0 Å². The van der Waals surface area contributed by atoms with Crippen molar-refractivity contribution in [2.75, 3.05) is 7.11 Å². The molecule has 0 bridgehead atoms. The van der Waals surface area contributed by atoms with E-state index in [9.17, 15) is 14.4 Å². The standard InChI is InChI=1S/C16H16ClNO4/c1-22-15(21)16(8-3-2-4-9-16)18-13(19)10-6-5-7-11(17)12(10)14(18)20/h5-7H,2-4,8-9H2,1H3. The molecule has 1 aliphatic carbocycles. The Morgan fingerprint density at radius 1 is 1.18 bits per heavy atom. The maximum Gasteiger partial charge on any atom is 0.332 e. The predicted molar refractivity (Wildman–Crippen MR) is 79.8 cm³/mol. The third-order valence-electron chi connectivity index (χ3n) is 4.54. The fraction of sp³-hybridized carbons (Fsp3) is 0.438. The highest BCUT2D eigenvalue weighted by molar-refractivity contribution is 6.37. The number of carbonyl (C=O) groups is 3. The zero-order chi connectivity index (χ0) is 15.9. The zero-order valence-corrected chi connectivity index (χ0v) is 13.0. The molecule has 22 heavy (non-hydrogen) atoms. The first-order chi connectivity index (χ1) is 10.5. The number of ether oxygens (including phenoxy) is 1. The molecule has 2 aliphatic rings. The number of imide groups is 1. The van der Waals surface area contributed by atoms with Gasteiger partial charge in [-0.1, -0.05) is 36.9 Å². The number of amides is 2. The van der Waals surface area contributed by atoms with Crippen molar-refractivity contribution in [3.8, 4) is 0 Å². The van der Waals surface area contributed by atoms with Gasteiger partial charge in [0.05, 0.1) is 23.3 Å². The number of hydrogen-bond donors (Lipinski definition) is 0. The van der Waals surface area contributed by atoms with Gasteiger partial charge in [-0.3, -0.25) is 14.5 Å². The number of halogens is 1. The van der Waals surface area contributed by atoms with Gasteiger partial charge < -0.3 is 4.74 Å². The number of nitrogens with zero attached hydrogens (tertiary/aromatic N) is 1. The van der Waals surface area contributed by atoms with Crippen molar-refractivity contribution in [2.45, 2.75) is 37.6 Å². The Balaban J connectivity index is 2.11. The van der Waals surface area contributed by atoms with Crippen LogP contribution in [0.3, 0.4) is 0 Å². The van der Waals surface area contributed by atoms with Gasteiger partial charge in [0.2, 0.25) is 0 Å². The molecule has 1 saturated carbocycles. The number of hydrogen-bond acceptors (Lipinski definition) is 4. The van der Waals surface area contributed by atoms with Gasteiger partial charge in [0.15, 0.2) is 0 Å². The molecule has 1 aliphatic heterocycles. The molecule has 0 radical (unpaired) electrons. The number of methoxy groups -OCH3 is 1. The third kappa shape index (κ3) is 1.96. The maximum absolute atomic E-state index is 12.8. The lowest BCUT2D eigenvalue weighted by Gasteiger charge is -2.40. The molecule has 6 heteroatoms. The van der Waals surface area contributed by atoms with Crippen molar-refractivity contribution in [3.05, 3.63) is 34.3 Å². The predicted octanol–water partition coefficient (Wildman–Crippen LogP) is 2.81. The van der Waals surface area contributed by atoms with Crippen molar-refractivity contribution in [1.29, 1.82) is 0 Å². The van der Waals surface area contributed by atoms with Crippen molar-refractivity contribution < 1.29 is 19.1 Å². The van der Waals surface area contributed by atoms with E-state index < -0.39 is 23.3 Å². The third-order valence-corrected chi connectivity index (χ3v) is 4.85. The number of esters is 1. The molecule has 0 spiro atoms. The summed E-state index contributed by atoms with van der Waals surface area (Å²) in [6.07, 6.45) is 3.39. The summed E-state index contributed by atoms with van der Waals surface area (Å²) in [5, 5.41) is 0.231. The van der Waals surface area contributed by atoms with Crippen LogP contribution in [0.5, 0.6) is 0 Å². The van der Waals surface area contributed by atoms with Crippen molar-refractivity contribution in [3.63, 3.8) is 0 Å². The summed E-state index contributed by atoms with van der Waals surface area (Å²) in [4.78, 5) is 39.0. The van der Waals surface area contributed by atoms with Crippen molar-refractivity contribution in [1.82, 2.24) is 4.90 Å². The average Bonchev–Trinajstić information content (AvgIpc) is 2.80. The number of carbonyl (C=O) groups excluding carboxylic acids is 3. The van der Waals surface area contributed by atoms with Gasteiger partial charge in [0.25, 0.3) is 11.8 Å². The topological polar surface area (TPSA) is 63.7 Å². The Kier molecular flexibility index (Phi) is 3.68. The van der Waals surface area contributed by atoms with Crippen LogP contribution in [0, 0.1) is 0 Å². The first-order valence-corrected chi connectivity index (χ1v) is 7.66. The van der Waals surface area contributed by atoms with E-state index >= 15 is 0 Å². The summed E-state index contributed by atoms with van der Waals surface area (Å²) in [5.41, 5.74) is -0.766. The highest BCUT2D eigenvalue weighted by atomic mass is 35.5. The summed E-state index contributed by atoms with van der Waals surface area (Å²) in [5.74, 6) is -1.49. The minimum atomic E-state index is -1.20. The SMILES string of the molecule is COC(=O)C1(N2C(=O)c3cccc(Cl)c3C2=O)CCCCC1. The molecule has 0 N–H and O–H groups in total. The maximum atomic E-state index is 12.8. The quantitative estimate of drug-likeness (QED) is 0.620. The lowest BCUT2D eigenvalue weighted by Crippen LogP contribution is -2.58. The van der Waals surface area contributed by atoms with Gasteiger partial charge in [-0.15, -0.1) is 0 Å². The molecule has 1 aromatic rings. The smallest absolute Gasteiger partial charge is 0.332 e. The molecule has 1 heterocycles. The van der Waals surface area contributed by atoms with E-state index in [-0.39, 0.29) is 16.1 Å². The lowest BCUT2D eigenvalue weighted by atomic mass is 9.80. The van der Waals surface area contributed by atoms with Crippen LogP contribution < -0.4 is 0 Å². The van der Waals surface area contributed by atoms with Crippen LogP contribution >= 0.6 is 11.6 Å². The van der Waals surface area contributed by atoms with E-state index in [1.54, 1.807) is 18.2 Å². The second-order valence-electron chi connectivity index (χ2n) is 5.69. The van der Waals surface area contributed by atoms with Gasteiger partial charge in [-0.05, 0) is 25.0 Å². The average molecular weight is 322 g/mol. The normalized spacial score (nSPS) is 20.0. The van der Waals surface area contributed by atoms with Gasteiger partial charge >= 0.3 is 5.97 Å². The van der Waals surface area contributed by atoms with E-state index in [0.717, 1.165) is 24.2 Å². The number of rotatable bonds is 2. The molecule has 2 amide bonds. The van der Waals surface area contributed by atoms with Crippen LogP contribution in [-0.2, 0) is 9.53 Å². The molecule has 3 rings (SSSR count). The second-order valence-corrected chi connectivity index (χ2v) is 6.10. The van der Waals surface area contributed by atoms with Crippen molar-refractivity contribution >= 4 is 29.4 Å². The Labute approximate surface area is 133 Å². The van der Waals surface area contributed by atoms with Gasteiger partial charge in [0.1, 0.15) is 5.54 Å². The minimum absolute atomic E-state index is 0.183. The molecular formula is C16H16ClNO4. The Morgan fingerprint density at radius 3 is 2.45 bits per heavy atom. The molecule has 5 nitrogen and oxygen atoms in total. The highest BCUT2D eigenvalue weighted by Crippen LogP contribution is 2.41. The summed E-state index contributed by atoms with van der Waals surface area (Å²) in [6, 6.07) is 4.76. The molecule has 0 unspecified atom stereocenters. The summed E-state index contributed by atoms with van der Waals surface area (Å²) < 4.78 is 4.91. The van der Waals surface area contributed by atoms with Gasteiger partial charge in [-0.2, -0.15) is 0 Å². The second kappa shape index (κ2) is 5.39. The number of fused-ring (bicyclic) bond motifs is 1. The molecule has 116 valence electrons. The van der Waals surface area contributed by atoms with Crippen LogP contribution in [0.2, 0.25) is 5.02 Å². The fourth-order valence-electron chi connectivity index (χ4n) is 3.48. The Morgan fingerprint density at radius 2 is 1.86 bits per heavy atom. The minimum Gasteiger partial charge on any atom is -0.467 e. The Bertz CT molecular complexity index is 664. The van der Waals surface area contributed by atoms with E-state index in [2.05, 4.69) is 0 Å². The fourth-order valence-corrected chi connectivity index (χ4v) is 3.73. The summed E-state index contributed by atoms with van der Waals surface area (Å²) in [7, 11) is 1.28. The van der Waals surface area contributed by atoms with Crippen LogP contribution in [0.1, 0.15) is 52.8 Å². The van der Waals surface area contributed by atoms with Crippen molar-refractivity contribution in [2.24, 2.45) is 0 Å². The zero-order valence-electron chi connectivity index (χ0n) is 12.2. The first-order valence-electron chi connectivity index (χ1n) is 7.29. The lowest BCUT2D eigenvalue weighted by molar-refractivity contribution is -0.154. The molecule has 1 aromatic carbocycles. The van der Waals surface area contributed by atoms with Gasteiger partial charge in [-0.25, -0.2) is 4.79 Å². The summed E-state index contributed by atoms with van der Waals surface area (Å²) in [6.45, 7) is 0. The monoisotopic (exact) mass is 321 g/mol. The first kappa shape index (κ1) is 15.0. The molecule has 1 fully saturated rings. The Hall–Kier alpha value is -1.88. The molecule has 0 saturated heterocycles. The summed E-state index contributed by atoms with van der Waals surface area (Å²) >= 11 is 6.08. The van der Waals surface area contributed by atoms with Crippen LogP contribution in [-0.4, -0.2) is 35.3 Å². The van der Waals surface area contributed by atoms with E-state index in [1.165, 1.54) is 7.11 Å². The van der Waals surface area contributed by atoms with Gasteiger partial charge in [0, 0.05) is 0 Å². The molecular weight excluding hydrogens is 306 g/mol. The highest BCUT2D eigenvalue weighted by Gasteiger charge is 2.55. The molecule has 0 atom stereocenters. The van der Waals surface area contributed by atoms with E-state index in [0.29, 0.717) is 12.8 Å². The van der Waals surface area contributed by atoms with Crippen LogP contribution in [0.25, 0.3) is 0 Å². The van der Waals surface area contributed by atoms with Crippen LogP contribution in [0.15, 0.2) is 18.2 Å².